The van der Waals surface area contributed by atoms with E-state index < -0.39 is 10.0 Å². The predicted molar refractivity (Wildman–Crippen MR) is 76.4 cm³/mol. The molecule has 0 saturated carbocycles. The van der Waals surface area contributed by atoms with Crippen LogP contribution in [0.3, 0.4) is 0 Å². The van der Waals surface area contributed by atoms with Gasteiger partial charge in [-0.1, -0.05) is 6.07 Å². The molecule has 6 nitrogen and oxygen atoms in total. The molecule has 0 aliphatic rings. The monoisotopic (exact) mass is 294 g/mol. The van der Waals surface area contributed by atoms with Crippen molar-refractivity contribution in [3.8, 4) is 0 Å². The zero-order valence-electron chi connectivity index (χ0n) is 11.4. The predicted octanol–water partition coefficient (Wildman–Crippen LogP) is 1.22. The van der Waals surface area contributed by atoms with Crippen molar-refractivity contribution in [2.75, 3.05) is 0 Å². The fourth-order valence-corrected chi connectivity index (χ4v) is 3.18. The maximum atomic E-state index is 12.3. The normalized spacial score (nSPS) is 13.3. The molecule has 0 radical (unpaired) electrons. The maximum Gasteiger partial charge on any atom is 0.241 e. The van der Waals surface area contributed by atoms with E-state index in [1.54, 1.807) is 37.5 Å². The number of H-pyrrole nitrogens is 1. The Bertz CT molecular complexity index is 680. The molecule has 0 fully saturated rings. The highest BCUT2D eigenvalue weighted by molar-refractivity contribution is 7.89. The Balaban J connectivity index is 2.26. The number of nitrogens with one attached hydrogen (secondary N) is 2. The third-order valence-corrected chi connectivity index (χ3v) is 4.74. The summed E-state index contributed by atoms with van der Waals surface area (Å²) in [5.41, 5.74) is 8.20. The van der Waals surface area contributed by atoms with E-state index in [2.05, 4.69) is 14.9 Å². The van der Waals surface area contributed by atoms with Gasteiger partial charge in [-0.15, -0.1) is 0 Å². The highest BCUT2D eigenvalue weighted by Gasteiger charge is 2.19. The van der Waals surface area contributed by atoms with Crippen molar-refractivity contribution in [3.05, 3.63) is 47.3 Å². The fraction of sp³-hybridized carbons (Fsp3) is 0.308. The van der Waals surface area contributed by atoms with Gasteiger partial charge in [-0.2, -0.15) is 5.10 Å². The summed E-state index contributed by atoms with van der Waals surface area (Å²) < 4.78 is 27.3. The van der Waals surface area contributed by atoms with Crippen molar-refractivity contribution in [1.29, 1.82) is 0 Å². The first-order valence-electron chi connectivity index (χ1n) is 6.24. The van der Waals surface area contributed by atoms with Gasteiger partial charge < -0.3 is 5.73 Å². The summed E-state index contributed by atoms with van der Waals surface area (Å²) in [4.78, 5) is 0.221. The Morgan fingerprint density at radius 2 is 2.20 bits per heavy atom. The van der Waals surface area contributed by atoms with Crippen LogP contribution >= 0.6 is 0 Å². The van der Waals surface area contributed by atoms with Gasteiger partial charge in [0.05, 0.1) is 11.1 Å². The number of sulfonamides is 1. The lowest BCUT2D eigenvalue weighted by molar-refractivity contribution is 0.567. The van der Waals surface area contributed by atoms with E-state index in [0.29, 0.717) is 6.54 Å². The van der Waals surface area contributed by atoms with Crippen molar-refractivity contribution in [3.63, 3.8) is 0 Å². The second-order valence-corrected chi connectivity index (χ2v) is 6.38. The van der Waals surface area contributed by atoms with E-state index in [4.69, 9.17) is 5.73 Å². The maximum absolute atomic E-state index is 12.3. The number of aromatic nitrogens is 2. The first-order valence-corrected chi connectivity index (χ1v) is 7.73. The van der Waals surface area contributed by atoms with Crippen LogP contribution in [0.4, 0.5) is 0 Å². The summed E-state index contributed by atoms with van der Waals surface area (Å²) >= 11 is 0. The van der Waals surface area contributed by atoms with Gasteiger partial charge in [-0.3, -0.25) is 5.10 Å². The molecule has 1 atom stereocenters. The van der Waals surface area contributed by atoms with Crippen LogP contribution in [-0.2, 0) is 16.6 Å². The first-order chi connectivity index (χ1) is 9.44. The number of aromatic amines is 1. The smallest absolute Gasteiger partial charge is 0.241 e. The number of aryl methyl sites for hydroxylation is 1. The van der Waals surface area contributed by atoms with Gasteiger partial charge in [0, 0.05) is 24.3 Å². The summed E-state index contributed by atoms with van der Waals surface area (Å²) in [6, 6.07) is 4.60. The van der Waals surface area contributed by atoms with Crippen LogP contribution in [0.1, 0.15) is 29.7 Å². The Morgan fingerprint density at radius 3 is 2.80 bits per heavy atom. The molecule has 20 heavy (non-hydrogen) atoms. The molecule has 0 aliphatic carbocycles. The Kier molecular flexibility index (Phi) is 4.22. The minimum Gasteiger partial charge on any atom is -0.326 e. The topological polar surface area (TPSA) is 101 Å². The van der Waals surface area contributed by atoms with Crippen molar-refractivity contribution < 1.29 is 8.42 Å². The van der Waals surface area contributed by atoms with Gasteiger partial charge in [0.15, 0.2) is 0 Å². The molecule has 0 aliphatic heterocycles. The molecule has 0 spiro atoms. The second-order valence-electron chi connectivity index (χ2n) is 4.67. The lowest BCUT2D eigenvalue weighted by Gasteiger charge is -2.14. The SMILES string of the molecule is Cc1ccc(S(=O)(=O)NC(C)c2cn[nH]c2)cc1CN. The van der Waals surface area contributed by atoms with Gasteiger partial charge in [0.2, 0.25) is 10.0 Å². The molecule has 7 heteroatoms. The molecule has 0 bridgehead atoms. The van der Waals surface area contributed by atoms with Gasteiger partial charge in [0.25, 0.3) is 0 Å². The molecule has 0 amide bonds. The number of benzene rings is 1. The van der Waals surface area contributed by atoms with Gasteiger partial charge >= 0.3 is 0 Å². The second kappa shape index (κ2) is 5.74. The zero-order valence-corrected chi connectivity index (χ0v) is 12.2. The third-order valence-electron chi connectivity index (χ3n) is 3.20. The van der Waals surface area contributed by atoms with E-state index in [9.17, 15) is 8.42 Å². The lowest BCUT2D eigenvalue weighted by atomic mass is 10.1. The van der Waals surface area contributed by atoms with Crippen LogP contribution in [0.5, 0.6) is 0 Å². The van der Waals surface area contributed by atoms with Crippen molar-refractivity contribution in [2.45, 2.75) is 31.3 Å². The highest BCUT2D eigenvalue weighted by Crippen LogP contribution is 2.18. The van der Waals surface area contributed by atoms with E-state index in [1.165, 1.54) is 0 Å². The lowest BCUT2D eigenvalue weighted by Crippen LogP contribution is -2.26. The van der Waals surface area contributed by atoms with Crippen LogP contribution in [-0.4, -0.2) is 18.6 Å². The van der Waals surface area contributed by atoms with E-state index in [-0.39, 0.29) is 10.9 Å². The largest absolute Gasteiger partial charge is 0.326 e. The zero-order chi connectivity index (χ0) is 14.8. The van der Waals surface area contributed by atoms with E-state index >= 15 is 0 Å². The minimum atomic E-state index is -3.58. The Morgan fingerprint density at radius 1 is 1.45 bits per heavy atom. The fourth-order valence-electron chi connectivity index (χ4n) is 1.90. The standard InChI is InChI=1S/C13H18N4O2S/c1-9-3-4-13(5-11(9)6-14)20(18,19)17-10(2)12-7-15-16-8-12/h3-5,7-8,10,17H,6,14H2,1-2H3,(H,15,16). The Labute approximate surface area is 118 Å². The van der Waals surface area contributed by atoms with Crippen LogP contribution in [0, 0.1) is 6.92 Å². The number of nitrogens with zero attached hydrogens (tertiary/aromatic N) is 1. The van der Waals surface area contributed by atoms with Gasteiger partial charge in [0.1, 0.15) is 0 Å². The summed E-state index contributed by atoms with van der Waals surface area (Å²) in [5, 5.41) is 6.47. The van der Waals surface area contributed by atoms with Crippen LogP contribution in [0.15, 0.2) is 35.5 Å². The average molecular weight is 294 g/mol. The average Bonchev–Trinajstić information content (AvgIpc) is 2.92. The molecule has 1 heterocycles. The Hall–Kier alpha value is -1.70. The highest BCUT2D eigenvalue weighted by atomic mass is 32.2. The van der Waals surface area contributed by atoms with Crippen LogP contribution in [0.2, 0.25) is 0 Å². The molecule has 2 aromatic rings. The molecule has 1 unspecified atom stereocenters. The van der Waals surface area contributed by atoms with Crippen molar-refractivity contribution in [2.24, 2.45) is 5.73 Å². The molecule has 4 N–H and O–H groups in total. The number of hydrogen-bond donors (Lipinski definition) is 3. The van der Waals surface area contributed by atoms with E-state index in [1.807, 2.05) is 6.92 Å². The first kappa shape index (κ1) is 14.7. The number of hydrogen-bond acceptors (Lipinski definition) is 4. The number of nitrogens with two attached hydrogens (primary N) is 1. The molecular formula is C13H18N4O2S. The van der Waals surface area contributed by atoms with Crippen LogP contribution < -0.4 is 10.5 Å². The minimum absolute atomic E-state index is 0.221. The molecule has 2 rings (SSSR count). The summed E-state index contributed by atoms with van der Waals surface area (Å²) in [5.74, 6) is 0. The summed E-state index contributed by atoms with van der Waals surface area (Å²) in [7, 11) is -3.58. The summed E-state index contributed by atoms with van der Waals surface area (Å²) in [6.07, 6.45) is 3.25. The molecule has 1 aromatic carbocycles. The number of rotatable bonds is 5. The van der Waals surface area contributed by atoms with Gasteiger partial charge in [-0.25, -0.2) is 13.1 Å². The summed E-state index contributed by atoms with van der Waals surface area (Å²) in [6.45, 7) is 3.98. The quantitative estimate of drug-likeness (QED) is 0.771. The molecule has 108 valence electrons. The van der Waals surface area contributed by atoms with Crippen LogP contribution in [0.25, 0.3) is 0 Å². The van der Waals surface area contributed by atoms with Crippen molar-refractivity contribution in [1.82, 2.24) is 14.9 Å². The van der Waals surface area contributed by atoms with Crippen molar-refractivity contribution >= 4 is 10.0 Å². The molecular weight excluding hydrogens is 276 g/mol. The third kappa shape index (κ3) is 3.06. The van der Waals surface area contributed by atoms with E-state index in [0.717, 1.165) is 16.7 Å². The molecule has 0 saturated heterocycles. The molecule has 1 aromatic heterocycles. The van der Waals surface area contributed by atoms with Gasteiger partial charge in [-0.05, 0) is 37.1 Å².